The molecule has 182 valence electrons. The Hall–Kier alpha value is -3.58. The second kappa shape index (κ2) is 8.33. The zero-order valence-corrected chi connectivity index (χ0v) is 18.7. The summed E-state index contributed by atoms with van der Waals surface area (Å²) in [5, 5.41) is 5.63. The quantitative estimate of drug-likeness (QED) is 0.299. The molecule has 0 bridgehead atoms. The van der Waals surface area contributed by atoms with Crippen molar-refractivity contribution in [2.45, 2.75) is 4.90 Å². The van der Waals surface area contributed by atoms with Crippen LogP contribution in [0.15, 0.2) is 65.7 Å². The van der Waals surface area contributed by atoms with Crippen molar-refractivity contribution in [1.29, 1.82) is 0 Å². The van der Waals surface area contributed by atoms with E-state index in [9.17, 15) is 29.0 Å². The van der Waals surface area contributed by atoms with Gasteiger partial charge in [-0.2, -0.15) is 0 Å². The van der Waals surface area contributed by atoms with Crippen LogP contribution in [0.4, 0.5) is 35.6 Å². The molecule has 34 heavy (non-hydrogen) atoms. The number of halogens is 6. The number of benzene rings is 2. The van der Waals surface area contributed by atoms with Crippen LogP contribution in [-0.4, -0.2) is 24.0 Å². The van der Waals surface area contributed by atoms with Crippen LogP contribution >= 0.6 is 21.8 Å². The van der Waals surface area contributed by atoms with E-state index < -0.39 is 37.8 Å². The Morgan fingerprint density at radius 2 is 1.50 bits per heavy atom. The molecule has 1 heterocycles. The van der Waals surface area contributed by atoms with E-state index in [2.05, 4.69) is 15.6 Å². The van der Waals surface area contributed by atoms with Gasteiger partial charge in [-0.3, -0.25) is 9.78 Å². The van der Waals surface area contributed by atoms with Crippen LogP contribution in [0.3, 0.4) is 0 Å². The van der Waals surface area contributed by atoms with E-state index in [-0.39, 0.29) is 17.4 Å². The van der Waals surface area contributed by atoms with E-state index in [0.717, 1.165) is 6.07 Å². The molecule has 3 amide bonds. The highest BCUT2D eigenvalue weighted by atomic mass is 35.5. The SMILES string of the molecule is CNC(=O)c1cc(Oc2ccc(NC(=O)Nc3ccc(Cl)c(S(F)(F)(F)(F)F)c3)cc2)ccn1. The minimum atomic E-state index is -10.0. The fraction of sp³-hybridized carbons (Fsp3) is 0.0500. The highest BCUT2D eigenvalue weighted by Crippen LogP contribution is 3.02. The minimum absolute atomic E-state index is 0.0716. The molecule has 0 saturated heterocycles. The molecule has 3 aromatic rings. The summed E-state index contributed by atoms with van der Waals surface area (Å²) in [4.78, 5) is 25.4. The zero-order valence-electron chi connectivity index (χ0n) is 17.1. The smallest absolute Gasteiger partial charge is 0.323 e. The van der Waals surface area contributed by atoms with Gasteiger partial charge in [0.1, 0.15) is 22.1 Å². The first kappa shape index (κ1) is 25.1. The lowest BCUT2D eigenvalue weighted by Gasteiger charge is -2.41. The second-order valence-corrected chi connectivity index (χ2v) is 9.56. The van der Waals surface area contributed by atoms with Gasteiger partial charge in [0, 0.05) is 30.7 Å². The molecular formula is C20H16ClF5N4O3S. The van der Waals surface area contributed by atoms with Crippen molar-refractivity contribution < 1.29 is 33.8 Å². The Morgan fingerprint density at radius 3 is 2.12 bits per heavy atom. The standard InChI is InChI=1S/C20H16ClF5N4O3S/c1-27-19(31)17-11-15(8-9-28-17)33-14-5-2-12(3-6-14)29-20(32)30-13-4-7-16(21)18(10-13)34(22,23,24,25)26/h2-11H,1H3,(H,27,31)(H2,29,30,32). The number of anilines is 2. The van der Waals surface area contributed by atoms with Crippen LogP contribution in [0.25, 0.3) is 0 Å². The molecule has 14 heteroatoms. The Labute approximate surface area is 195 Å². The molecule has 0 aliphatic rings. The van der Waals surface area contributed by atoms with Crippen molar-refractivity contribution in [1.82, 2.24) is 10.3 Å². The molecule has 3 rings (SSSR count). The second-order valence-electron chi connectivity index (χ2n) is 6.78. The summed E-state index contributed by atoms with van der Waals surface area (Å²) in [5.41, 5.74) is -0.160. The lowest BCUT2D eigenvalue weighted by Crippen LogP contribution is -2.19. The third-order valence-corrected chi connectivity index (χ3v) is 5.75. The number of hydrogen-bond acceptors (Lipinski definition) is 4. The van der Waals surface area contributed by atoms with Gasteiger partial charge in [-0.15, -0.1) is 0 Å². The summed E-state index contributed by atoms with van der Waals surface area (Å²) in [7, 11) is -8.59. The summed E-state index contributed by atoms with van der Waals surface area (Å²) in [6, 6.07) is 9.42. The lowest BCUT2D eigenvalue weighted by molar-refractivity contribution is 0.0957. The molecule has 0 aliphatic carbocycles. The van der Waals surface area contributed by atoms with Gasteiger partial charge in [-0.1, -0.05) is 31.0 Å². The fourth-order valence-electron chi connectivity index (χ4n) is 2.64. The van der Waals surface area contributed by atoms with Crippen LogP contribution < -0.4 is 20.7 Å². The summed E-state index contributed by atoms with van der Waals surface area (Å²) < 4.78 is 71.1. The fourth-order valence-corrected chi connectivity index (χ4v) is 3.98. The first-order chi connectivity index (χ1) is 15.6. The number of urea groups is 1. The number of pyridine rings is 1. The molecule has 0 unspecified atom stereocenters. The van der Waals surface area contributed by atoms with E-state index in [0.29, 0.717) is 17.6 Å². The molecule has 2 aromatic carbocycles. The van der Waals surface area contributed by atoms with Crippen LogP contribution in [0.1, 0.15) is 10.5 Å². The normalized spacial score (nSPS) is 13.3. The summed E-state index contributed by atoms with van der Waals surface area (Å²) in [6.45, 7) is 0. The van der Waals surface area contributed by atoms with E-state index >= 15 is 0 Å². The van der Waals surface area contributed by atoms with E-state index in [4.69, 9.17) is 16.3 Å². The van der Waals surface area contributed by atoms with Gasteiger partial charge in [-0.05, 0) is 48.5 Å². The maximum Gasteiger partial charge on any atom is 0.323 e. The lowest BCUT2D eigenvalue weighted by atomic mass is 10.3. The summed E-state index contributed by atoms with van der Waals surface area (Å²) in [6.07, 6.45) is 1.39. The molecule has 0 aliphatic heterocycles. The Bertz CT molecular complexity index is 1260. The highest BCUT2D eigenvalue weighted by Gasteiger charge is 2.66. The van der Waals surface area contributed by atoms with Gasteiger partial charge in [0.2, 0.25) is 0 Å². The number of rotatable bonds is 6. The van der Waals surface area contributed by atoms with Gasteiger partial charge in [0.15, 0.2) is 0 Å². The summed E-state index contributed by atoms with van der Waals surface area (Å²) >= 11 is 5.30. The Morgan fingerprint density at radius 1 is 0.882 bits per heavy atom. The number of carbonyl (C=O) groups is 2. The molecule has 0 fully saturated rings. The third kappa shape index (κ3) is 6.48. The summed E-state index contributed by atoms with van der Waals surface area (Å²) in [5.74, 6) is 0.275. The maximum absolute atomic E-state index is 13.1. The van der Waals surface area contributed by atoms with Gasteiger partial charge >= 0.3 is 16.3 Å². The Kier molecular flexibility index (Phi) is 6.14. The molecule has 7 nitrogen and oxygen atoms in total. The van der Waals surface area contributed by atoms with Crippen LogP contribution in [0.2, 0.25) is 5.02 Å². The number of nitrogens with one attached hydrogen (secondary N) is 3. The van der Waals surface area contributed by atoms with Crippen LogP contribution in [0.5, 0.6) is 11.5 Å². The van der Waals surface area contributed by atoms with E-state index in [1.807, 2.05) is 5.32 Å². The third-order valence-electron chi connectivity index (χ3n) is 4.14. The number of amides is 3. The molecule has 0 spiro atoms. The number of aromatic nitrogens is 1. The average Bonchev–Trinajstić information content (AvgIpc) is 2.74. The van der Waals surface area contributed by atoms with Crippen LogP contribution in [-0.2, 0) is 0 Å². The number of ether oxygens (including phenoxy) is 1. The predicted molar refractivity (Wildman–Crippen MR) is 120 cm³/mol. The topological polar surface area (TPSA) is 92.4 Å². The van der Waals surface area contributed by atoms with Crippen molar-refractivity contribution in [3.8, 4) is 11.5 Å². The number of hydrogen-bond donors (Lipinski definition) is 3. The molecule has 0 radical (unpaired) electrons. The number of carbonyl (C=O) groups excluding carboxylic acids is 2. The molecule has 0 atom stereocenters. The molecular weight excluding hydrogens is 507 g/mol. The van der Waals surface area contributed by atoms with Crippen molar-refractivity contribution >= 4 is 45.1 Å². The maximum atomic E-state index is 13.1. The van der Waals surface area contributed by atoms with Crippen molar-refractivity contribution in [2.75, 3.05) is 17.7 Å². The first-order valence-electron chi connectivity index (χ1n) is 9.22. The van der Waals surface area contributed by atoms with Crippen molar-refractivity contribution in [3.63, 3.8) is 0 Å². The minimum Gasteiger partial charge on any atom is -0.457 e. The van der Waals surface area contributed by atoms with Crippen LogP contribution in [0, 0.1) is 0 Å². The molecule has 1 aromatic heterocycles. The molecule has 3 N–H and O–H groups in total. The van der Waals surface area contributed by atoms with Gasteiger partial charge in [-0.25, -0.2) is 4.79 Å². The first-order valence-corrected chi connectivity index (χ1v) is 11.6. The van der Waals surface area contributed by atoms with Crippen molar-refractivity contribution in [3.05, 3.63) is 71.5 Å². The predicted octanol–water partition coefficient (Wildman–Crippen LogP) is 7.19. The van der Waals surface area contributed by atoms with E-state index in [1.54, 1.807) is 0 Å². The molecule has 0 saturated carbocycles. The van der Waals surface area contributed by atoms with Gasteiger partial charge < -0.3 is 20.7 Å². The highest BCUT2D eigenvalue weighted by molar-refractivity contribution is 8.45. The van der Waals surface area contributed by atoms with Gasteiger partial charge in [0.25, 0.3) is 5.91 Å². The van der Waals surface area contributed by atoms with Crippen molar-refractivity contribution in [2.24, 2.45) is 0 Å². The zero-order chi connectivity index (χ0) is 25.2. The largest absolute Gasteiger partial charge is 0.457 e. The average molecular weight is 523 g/mol. The van der Waals surface area contributed by atoms with Gasteiger partial charge in [0.05, 0.1) is 5.02 Å². The Balaban J connectivity index is 1.67. The monoisotopic (exact) mass is 522 g/mol. The number of nitrogens with zero attached hydrogens (tertiary/aromatic N) is 1. The van der Waals surface area contributed by atoms with E-state index in [1.165, 1.54) is 49.6 Å².